The van der Waals surface area contributed by atoms with Gasteiger partial charge in [-0.25, -0.2) is 0 Å². The number of hydrogen-bond donors (Lipinski definition) is 1. The molecule has 0 atom stereocenters. The Kier molecular flexibility index (Phi) is 3.61. The van der Waals surface area contributed by atoms with Crippen LogP contribution in [-0.2, 0) is 0 Å². The van der Waals surface area contributed by atoms with Gasteiger partial charge in [-0.3, -0.25) is 0 Å². The number of nitrogens with one attached hydrogen (secondary N) is 1. The van der Waals surface area contributed by atoms with E-state index in [1.54, 1.807) is 0 Å². The maximum Gasteiger partial charge on any atom is 0.121 e. The van der Waals surface area contributed by atoms with E-state index >= 15 is 0 Å². The van der Waals surface area contributed by atoms with Gasteiger partial charge < -0.3 is 10.1 Å². The van der Waals surface area contributed by atoms with Crippen LogP contribution in [0.2, 0.25) is 0 Å². The van der Waals surface area contributed by atoms with Crippen LogP contribution in [0.4, 0.5) is 5.69 Å². The zero-order valence-corrected chi connectivity index (χ0v) is 10.3. The molecule has 1 aromatic rings. The number of rotatable bonds is 3. The van der Waals surface area contributed by atoms with Crippen molar-refractivity contribution in [2.45, 2.75) is 46.3 Å². The van der Waals surface area contributed by atoms with Gasteiger partial charge in [0.05, 0.1) is 6.10 Å². The van der Waals surface area contributed by atoms with E-state index in [-0.39, 0.29) is 11.6 Å². The molecule has 1 N–H and O–H groups in total. The molecular formula is C13H21NO. The molecule has 0 aliphatic rings. The van der Waals surface area contributed by atoms with Gasteiger partial charge in [0.1, 0.15) is 5.75 Å². The van der Waals surface area contributed by atoms with Crippen LogP contribution in [-0.4, -0.2) is 11.6 Å². The third-order valence-corrected chi connectivity index (χ3v) is 1.73. The third kappa shape index (κ3) is 4.73. The highest BCUT2D eigenvalue weighted by Gasteiger charge is 2.09. The lowest BCUT2D eigenvalue weighted by Crippen LogP contribution is -2.25. The van der Waals surface area contributed by atoms with Gasteiger partial charge in [0.15, 0.2) is 0 Å². The van der Waals surface area contributed by atoms with E-state index in [2.05, 4.69) is 32.2 Å². The van der Waals surface area contributed by atoms with E-state index < -0.39 is 0 Å². The second-order valence-corrected chi connectivity index (χ2v) is 5.07. The average Bonchev–Trinajstić information content (AvgIpc) is 1.99. The zero-order chi connectivity index (χ0) is 11.5. The van der Waals surface area contributed by atoms with Crippen molar-refractivity contribution in [2.75, 3.05) is 5.32 Å². The molecule has 0 aliphatic carbocycles. The monoisotopic (exact) mass is 207 g/mol. The van der Waals surface area contributed by atoms with Crippen LogP contribution in [0.1, 0.15) is 34.6 Å². The zero-order valence-electron chi connectivity index (χ0n) is 10.3. The molecule has 0 saturated heterocycles. The fourth-order valence-corrected chi connectivity index (χ4v) is 1.35. The SMILES string of the molecule is CC(C)Oc1cccc(NC(C)(C)C)c1. The molecule has 0 heterocycles. The summed E-state index contributed by atoms with van der Waals surface area (Å²) in [4.78, 5) is 0. The Bertz CT molecular complexity index is 313. The fourth-order valence-electron chi connectivity index (χ4n) is 1.35. The molecule has 0 spiro atoms. The van der Waals surface area contributed by atoms with Crippen molar-refractivity contribution in [3.63, 3.8) is 0 Å². The maximum atomic E-state index is 5.63. The Hall–Kier alpha value is -1.18. The topological polar surface area (TPSA) is 21.3 Å². The first kappa shape index (κ1) is 11.9. The lowest BCUT2D eigenvalue weighted by molar-refractivity contribution is 0.242. The third-order valence-electron chi connectivity index (χ3n) is 1.73. The number of hydrogen-bond acceptors (Lipinski definition) is 2. The van der Waals surface area contributed by atoms with Crippen LogP contribution in [0.15, 0.2) is 24.3 Å². The summed E-state index contributed by atoms with van der Waals surface area (Å²) >= 11 is 0. The fraction of sp³-hybridized carbons (Fsp3) is 0.538. The average molecular weight is 207 g/mol. The number of benzene rings is 1. The molecule has 0 aliphatic heterocycles. The Morgan fingerprint density at radius 3 is 2.40 bits per heavy atom. The minimum absolute atomic E-state index is 0.0798. The first-order valence-corrected chi connectivity index (χ1v) is 5.42. The largest absolute Gasteiger partial charge is 0.491 e. The van der Waals surface area contributed by atoms with Crippen molar-refractivity contribution in [3.05, 3.63) is 24.3 Å². The summed E-state index contributed by atoms with van der Waals surface area (Å²) in [6.07, 6.45) is 0.217. The summed E-state index contributed by atoms with van der Waals surface area (Å²) in [6, 6.07) is 8.07. The van der Waals surface area contributed by atoms with E-state index in [1.807, 2.05) is 32.0 Å². The van der Waals surface area contributed by atoms with Gasteiger partial charge in [-0.2, -0.15) is 0 Å². The maximum absolute atomic E-state index is 5.63. The van der Waals surface area contributed by atoms with Crippen molar-refractivity contribution in [3.8, 4) is 5.75 Å². The standard InChI is InChI=1S/C13H21NO/c1-10(2)15-12-8-6-7-11(9-12)14-13(3,4)5/h6-10,14H,1-5H3. The van der Waals surface area contributed by atoms with Gasteiger partial charge in [0.25, 0.3) is 0 Å². The molecule has 0 unspecified atom stereocenters. The molecule has 1 aromatic carbocycles. The molecule has 1 rings (SSSR count). The predicted octanol–water partition coefficient (Wildman–Crippen LogP) is 3.68. The van der Waals surface area contributed by atoms with Crippen molar-refractivity contribution in [1.29, 1.82) is 0 Å². The Balaban J connectivity index is 2.74. The smallest absolute Gasteiger partial charge is 0.121 e. The summed E-state index contributed by atoms with van der Waals surface area (Å²) in [5, 5.41) is 3.41. The Labute approximate surface area is 92.6 Å². The van der Waals surface area contributed by atoms with Crippen LogP contribution in [0.25, 0.3) is 0 Å². The van der Waals surface area contributed by atoms with Gasteiger partial charge in [-0.15, -0.1) is 0 Å². The van der Waals surface area contributed by atoms with Crippen LogP contribution < -0.4 is 10.1 Å². The van der Waals surface area contributed by atoms with E-state index in [0.29, 0.717) is 0 Å². The minimum atomic E-state index is 0.0798. The van der Waals surface area contributed by atoms with Crippen LogP contribution in [0.3, 0.4) is 0 Å². The van der Waals surface area contributed by atoms with Crippen LogP contribution in [0, 0.1) is 0 Å². The normalized spacial score (nSPS) is 11.6. The van der Waals surface area contributed by atoms with E-state index in [0.717, 1.165) is 11.4 Å². The molecule has 15 heavy (non-hydrogen) atoms. The molecule has 0 aromatic heterocycles. The summed E-state index contributed by atoms with van der Waals surface area (Å²) in [5.74, 6) is 0.916. The highest BCUT2D eigenvalue weighted by molar-refractivity contribution is 5.49. The molecule has 0 saturated carbocycles. The van der Waals surface area contributed by atoms with Crippen molar-refractivity contribution in [2.24, 2.45) is 0 Å². The van der Waals surface area contributed by atoms with Gasteiger partial charge in [0.2, 0.25) is 0 Å². The van der Waals surface area contributed by atoms with Gasteiger partial charge >= 0.3 is 0 Å². The van der Waals surface area contributed by atoms with Crippen molar-refractivity contribution >= 4 is 5.69 Å². The van der Waals surface area contributed by atoms with Gasteiger partial charge in [-0.05, 0) is 46.8 Å². The summed E-state index contributed by atoms with van der Waals surface area (Å²) in [6.45, 7) is 10.5. The highest BCUT2D eigenvalue weighted by Crippen LogP contribution is 2.21. The molecule has 84 valence electrons. The minimum Gasteiger partial charge on any atom is -0.491 e. The molecule has 2 heteroatoms. The summed E-state index contributed by atoms with van der Waals surface area (Å²) in [5.41, 5.74) is 1.18. The van der Waals surface area contributed by atoms with Crippen molar-refractivity contribution < 1.29 is 4.74 Å². The molecule has 0 bridgehead atoms. The van der Waals surface area contributed by atoms with Crippen LogP contribution in [0.5, 0.6) is 5.75 Å². The Morgan fingerprint density at radius 1 is 1.20 bits per heavy atom. The second kappa shape index (κ2) is 4.56. The van der Waals surface area contributed by atoms with Gasteiger partial charge in [0, 0.05) is 17.3 Å². The lowest BCUT2D eigenvalue weighted by Gasteiger charge is -2.22. The first-order valence-electron chi connectivity index (χ1n) is 5.42. The quantitative estimate of drug-likeness (QED) is 0.816. The first-order chi connectivity index (χ1) is 6.87. The van der Waals surface area contributed by atoms with Crippen LogP contribution >= 0.6 is 0 Å². The van der Waals surface area contributed by atoms with E-state index in [1.165, 1.54) is 0 Å². The van der Waals surface area contributed by atoms with E-state index in [9.17, 15) is 0 Å². The number of ether oxygens (including phenoxy) is 1. The summed E-state index contributed by atoms with van der Waals surface area (Å²) < 4.78 is 5.63. The Morgan fingerprint density at radius 2 is 1.87 bits per heavy atom. The molecule has 0 fully saturated rings. The van der Waals surface area contributed by atoms with E-state index in [4.69, 9.17) is 4.74 Å². The van der Waals surface area contributed by atoms with Gasteiger partial charge in [-0.1, -0.05) is 6.07 Å². The lowest BCUT2D eigenvalue weighted by atomic mass is 10.1. The predicted molar refractivity (Wildman–Crippen MR) is 65.6 cm³/mol. The molecule has 0 radical (unpaired) electrons. The van der Waals surface area contributed by atoms with Crippen molar-refractivity contribution in [1.82, 2.24) is 0 Å². The highest BCUT2D eigenvalue weighted by atomic mass is 16.5. The second-order valence-electron chi connectivity index (χ2n) is 5.07. The molecule has 2 nitrogen and oxygen atoms in total. The molecule has 0 amide bonds. The molecular weight excluding hydrogens is 186 g/mol. The number of anilines is 1. The summed E-state index contributed by atoms with van der Waals surface area (Å²) in [7, 11) is 0.